The van der Waals surface area contributed by atoms with Gasteiger partial charge in [0.05, 0.1) is 19.4 Å². The predicted octanol–water partition coefficient (Wildman–Crippen LogP) is 1.11. The summed E-state index contributed by atoms with van der Waals surface area (Å²) in [5, 5.41) is 3.99. The van der Waals surface area contributed by atoms with Crippen LogP contribution in [0.1, 0.15) is 5.56 Å². The summed E-state index contributed by atoms with van der Waals surface area (Å²) in [5.41, 5.74) is 4.09. The number of rotatable bonds is 7. The van der Waals surface area contributed by atoms with Crippen molar-refractivity contribution in [1.82, 2.24) is 14.8 Å². The third-order valence-electron chi connectivity index (χ3n) is 3.28. The summed E-state index contributed by atoms with van der Waals surface area (Å²) in [4.78, 5) is 11.6. The molecule has 0 bridgehead atoms. The molecular formula is C14H16F2N6O. The van der Waals surface area contributed by atoms with Crippen LogP contribution >= 0.6 is 0 Å². The molecule has 9 heteroatoms. The number of ether oxygens (including phenoxy) is 1. The second kappa shape index (κ2) is 7.54. The molecule has 2 N–H and O–H groups in total. The first kappa shape index (κ1) is 16.7. The number of aromatic nitrogens is 3. The van der Waals surface area contributed by atoms with E-state index in [9.17, 15) is 8.78 Å². The number of methoxy groups -OCH3 is 1. The molecule has 1 aromatic carbocycles. The van der Waals surface area contributed by atoms with Crippen molar-refractivity contribution in [2.75, 3.05) is 13.7 Å². The molecule has 1 aromatic heterocycles. The minimum Gasteiger partial charge on any atom is -0.390 e. The van der Waals surface area contributed by atoms with Crippen molar-refractivity contribution in [2.45, 2.75) is 12.1 Å². The molecule has 7 nitrogen and oxygen atoms in total. The zero-order valence-corrected chi connectivity index (χ0v) is 12.4. The minimum atomic E-state index is -1.20. The van der Waals surface area contributed by atoms with E-state index in [0.29, 0.717) is 0 Å². The van der Waals surface area contributed by atoms with E-state index in [4.69, 9.17) is 10.5 Å². The first-order valence-corrected chi connectivity index (χ1v) is 6.66. The number of nitrogens with zero attached hydrogens (tertiary/aromatic N) is 5. The number of benzene rings is 1. The quantitative estimate of drug-likeness (QED) is 0.611. The lowest BCUT2D eigenvalue weighted by molar-refractivity contribution is -0.0264. The molecule has 0 amide bonds. The second-order valence-corrected chi connectivity index (χ2v) is 4.67. The third kappa shape index (κ3) is 3.95. The van der Waals surface area contributed by atoms with Gasteiger partial charge in [0.15, 0.2) is 0 Å². The molecule has 1 heterocycles. The zero-order valence-electron chi connectivity index (χ0n) is 12.4. The van der Waals surface area contributed by atoms with Gasteiger partial charge in [0.1, 0.15) is 36.2 Å². The van der Waals surface area contributed by atoms with Gasteiger partial charge in [-0.3, -0.25) is 4.99 Å². The Hall–Kier alpha value is -2.68. The van der Waals surface area contributed by atoms with Gasteiger partial charge in [0.2, 0.25) is 0 Å². The lowest BCUT2D eigenvalue weighted by Gasteiger charge is -2.31. The maximum atomic E-state index is 14.3. The zero-order chi connectivity index (χ0) is 16.7. The molecule has 23 heavy (non-hydrogen) atoms. The lowest BCUT2D eigenvalue weighted by atomic mass is 9.92. The summed E-state index contributed by atoms with van der Waals surface area (Å²) in [6.07, 6.45) is 5.13. The van der Waals surface area contributed by atoms with Crippen LogP contribution in [0.4, 0.5) is 8.78 Å². The van der Waals surface area contributed by atoms with Crippen molar-refractivity contribution in [3.8, 4) is 0 Å². The Morgan fingerprint density at radius 2 is 2.26 bits per heavy atom. The van der Waals surface area contributed by atoms with Gasteiger partial charge >= 0.3 is 0 Å². The summed E-state index contributed by atoms with van der Waals surface area (Å²) in [7, 11) is 1.42. The highest BCUT2D eigenvalue weighted by molar-refractivity contribution is 5.69. The van der Waals surface area contributed by atoms with Crippen LogP contribution in [0.25, 0.3) is 0 Å². The summed E-state index contributed by atoms with van der Waals surface area (Å²) < 4.78 is 34.5. The standard InChI is InChI=1S/C14H16F2N6O/c1-23-14(5-18-8-19-7-17,6-22-10-20-9-21-22)12-3-2-11(15)4-13(12)16/h2-4,7-10H,5-6H2,1H3,(H2,17,18,19). The van der Waals surface area contributed by atoms with Gasteiger partial charge in [-0.2, -0.15) is 5.10 Å². The van der Waals surface area contributed by atoms with Crippen LogP contribution in [0.2, 0.25) is 0 Å². The molecule has 1 atom stereocenters. The number of aliphatic imine (C=N–C) groups is 2. The van der Waals surface area contributed by atoms with Gasteiger partial charge in [-0.1, -0.05) is 6.07 Å². The summed E-state index contributed by atoms with van der Waals surface area (Å²) in [6, 6.07) is 3.29. The molecule has 2 aromatic rings. The average Bonchev–Trinajstić information content (AvgIpc) is 3.03. The molecule has 0 saturated heterocycles. The fraction of sp³-hybridized carbons (Fsp3) is 0.286. The Morgan fingerprint density at radius 3 is 2.87 bits per heavy atom. The Kier molecular flexibility index (Phi) is 5.47. The molecule has 0 aliphatic carbocycles. The van der Waals surface area contributed by atoms with Crippen molar-refractivity contribution in [2.24, 2.45) is 15.7 Å². The smallest absolute Gasteiger partial charge is 0.137 e. The fourth-order valence-corrected chi connectivity index (χ4v) is 2.17. The maximum Gasteiger partial charge on any atom is 0.137 e. The number of hydrogen-bond acceptors (Lipinski definition) is 4. The predicted molar refractivity (Wildman–Crippen MR) is 81.1 cm³/mol. The van der Waals surface area contributed by atoms with Crippen molar-refractivity contribution in [3.05, 3.63) is 48.1 Å². The van der Waals surface area contributed by atoms with E-state index in [1.807, 2.05) is 0 Å². The van der Waals surface area contributed by atoms with Gasteiger partial charge in [-0.25, -0.2) is 23.4 Å². The summed E-state index contributed by atoms with van der Waals surface area (Å²) >= 11 is 0. The highest BCUT2D eigenvalue weighted by Gasteiger charge is 2.36. The van der Waals surface area contributed by atoms with Gasteiger partial charge in [0.25, 0.3) is 0 Å². The van der Waals surface area contributed by atoms with E-state index in [1.165, 1.54) is 36.9 Å². The van der Waals surface area contributed by atoms with Crippen LogP contribution in [0, 0.1) is 11.6 Å². The SMILES string of the molecule is COC(CN=CN=CN)(Cn1cncn1)c1ccc(F)cc1F. The average molecular weight is 322 g/mol. The molecule has 0 radical (unpaired) electrons. The first-order valence-electron chi connectivity index (χ1n) is 6.66. The summed E-state index contributed by atoms with van der Waals surface area (Å²) in [5.74, 6) is -1.40. The lowest BCUT2D eigenvalue weighted by Crippen LogP contribution is -2.38. The van der Waals surface area contributed by atoms with E-state index >= 15 is 0 Å². The van der Waals surface area contributed by atoms with Crippen LogP contribution in [-0.4, -0.2) is 41.1 Å². The van der Waals surface area contributed by atoms with E-state index in [1.54, 1.807) is 0 Å². The number of hydrogen-bond donors (Lipinski definition) is 1. The van der Waals surface area contributed by atoms with Crippen molar-refractivity contribution >= 4 is 12.7 Å². The largest absolute Gasteiger partial charge is 0.390 e. The van der Waals surface area contributed by atoms with E-state index in [0.717, 1.165) is 18.5 Å². The Balaban J connectivity index is 2.42. The van der Waals surface area contributed by atoms with E-state index in [-0.39, 0.29) is 18.7 Å². The van der Waals surface area contributed by atoms with Crippen molar-refractivity contribution in [3.63, 3.8) is 0 Å². The molecule has 2 rings (SSSR count). The molecule has 0 spiro atoms. The van der Waals surface area contributed by atoms with Crippen LogP contribution in [-0.2, 0) is 16.9 Å². The van der Waals surface area contributed by atoms with Gasteiger partial charge in [0, 0.05) is 18.7 Å². The molecule has 0 aliphatic heterocycles. The topological polar surface area (TPSA) is 90.7 Å². The van der Waals surface area contributed by atoms with Gasteiger partial charge in [-0.05, 0) is 6.07 Å². The Bertz CT molecular complexity index is 689. The van der Waals surface area contributed by atoms with E-state index in [2.05, 4.69) is 20.1 Å². The third-order valence-corrected chi connectivity index (χ3v) is 3.28. The molecule has 0 saturated carbocycles. The number of halogens is 2. The molecular weight excluding hydrogens is 306 g/mol. The second-order valence-electron chi connectivity index (χ2n) is 4.67. The Labute approximate surface area is 131 Å². The van der Waals surface area contributed by atoms with Crippen LogP contribution in [0.3, 0.4) is 0 Å². The number of nitrogens with two attached hydrogens (primary N) is 1. The maximum absolute atomic E-state index is 14.3. The van der Waals surface area contributed by atoms with Crippen molar-refractivity contribution < 1.29 is 13.5 Å². The highest BCUT2D eigenvalue weighted by Crippen LogP contribution is 2.30. The monoisotopic (exact) mass is 322 g/mol. The molecule has 0 fully saturated rings. The van der Waals surface area contributed by atoms with Crippen molar-refractivity contribution in [1.29, 1.82) is 0 Å². The minimum absolute atomic E-state index is 0.0310. The summed E-state index contributed by atoms with van der Waals surface area (Å²) in [6.45, 7) is 0.166. The van der Waals surface area contributed by atoms with Crippen LogP contribution < -0.4 is 5.73 Å². The fourth-order valence-electron chi connectivity index (χ4n) is 2.17. The van der Waals surface area contributed by atoms with Crippen LogP contribution in [0.15, 0.2) is 40.8 Å². The first-order chi connectivity index (χ1) is 11.1. The van der Waals surface area contributed by atoms with Crippen LogP contribution in [0.5, 0.6) is 0 Å². The molecule has 0 aliphatic rings. The molecule has 122 valence electrons. The molecule has 1 unspecified atom stereocenters. The van der Waals surface area contributed by atoms with Gasteiger partial charge < -0.3 is 10.5 Å². The van der Waals surface area contributed by atoms with Gasteiger partial charge in [-0.15, -0.1) is 0 Å². The highest BCUT2D eigenvalue weighted by atomic mass is 19.1. The normalized spacial score (nSPS) is 14.6. The van der Waals surface area contributed by atoms with E-state index < -0.39 is 17.2 Å². The Morgan fingerprint density at radius 1 is 1.43 bits per heavy atom.